The lowest BCUT2D eigenvalue weighted by Crippen LogP contribution is -2.44. The van der Waals surface area contributed by atoms with Crippen LogP contribution in [0.1, 0.15) is 27.5 Å². The average molecular weight is 564 g/mol. The van der Waals surface area contributed by atoms with Gasteiger partial charge in [0.2, 0.25) is 11.8 Å². The summed E-state index contributed by atoms with van der Waals surface area (Å²) >= 11 is 9.85. The number of ketones is 1. The number of imide groups is 1. The van der Waals surface area contributed by atoms with Crippen LogP contribution in [-0.4, -0.2) is 35.6 Å². The van der Waals surface area contributed by atoms with Crippen LogP contribution in [0.2, 0.25) is 5.02 Å². The number of carbonyl (C=O) groups excluding carboxylic acids is 3. The standard InChI is InChI=1S/C28H20BrClN2O4/c1-36-21-11-10-16(14-18(21)29)26(33)25-23-22(24-17-7-3-2-6-15(17)12-13-31(24)25)27(34)32(28(23)35)20-9-5-4-8-19(20)30/h2-14,22-25H,1H3/t22-,23+,24+,25-/m0/s1. The van der Waals surface area contributed by atoms with Crippen molar-refractivity contribution in [1.29, 1.82) is 0 Å². The minimum absolute atomic E-state index is 0.234. The van der Waals surface area contributed by atoms with E-state index in [0.29, 0.717) is 26.5 Å². The van der Waals surface area contributed by atoms with Gasteiger partial charge in [-0.05, 0) is 63.5 Å². The zero-order chi connectivity index (χ0) is 25.1. The predicted octanol–water partition coefficient (Wildman–Crippen LogP) is 5.51. The summed E-state index contributed by atoms with van der Waals surface area (Å²) in [5, 5.41) is 0.307. The van der Waals surface area contributed by atoms with E-state index in [0.717, 1.165) is 11.1 Å². The number of para-hydroxylation sites is 1. The van der Waals surface area contributed by atoms with E-state index in [2.05, 4.69) is 15.9 Å². The van der Waals surface area contributed by atoms with Crippen LogP contribution < -0.4 is 9.64 Å². The van der Waals surface area contributed by atoms with Gasteiger partial charge in [-0.3, -0.25) is 14.4 Å². The molecule has 180 valence electrons. The number of fused-ring (bicyclic) bond motifs is 5. The fourth-order valence-electron chi connectivity index (χ4n) is 5.72. The van der Waals surface area contributed by atoms with Gasteiger partial charge in [0.1, 0.15) is 11.8 Å². The van der Waals surface area contributed by atoms with Gasteiger partial charge in [-0.25, -0.2) is 4.90 Å². The van der Waals surface area contributed by atoms with Crippen LogP contribution in [0.3, 0.4) is 0 Å². The Morgan fingerprint density at radius 3 is 2.44 bits per heavy atom. The van der Waals surface area contributed by atoms with Crippen molar-refractivity contribution in [2.75, 3.05) is 12.0 Å². The minimum Gasteiger partial charge on any atom is -0.496 e. The van der Waals surface area contributed by atoms with E-state index < -0.39 is 29.8 Å². The summed E-state index contributed by atoms with van der Waals surface area (Å²) < 4.78 is 5.94. The normalized spacial score (nSPS) is 24.0. The van der Waals surface area contributed by atoms with E-state index in [1.807, 2.05) is 41.4 Å². The Kier molecular flexibility index (Phi) is 5.50. The monoisotopic (exact) mass is 562 g/mol. The molecule has 2 fully saturated rings. The molecule has 4 atom stereocenters. The third kappa shape index (κ3) is 3.26. The first-order valence-corrected chi connectivity index (χ1v) is 12.6. The number of hydrogen-bond acceptors (Lipinski definition) is 5. The molecule has 0 saturated carbocycles. The van der Waals surface area contributed by atoms with Crippen LogP contribution in [0.5, 0.6) is 5.75 Å². The number of halogens is 2. The number of methoxy groups -OCH3 is 1. The van der Waals surface area contributed by atoms with E-state index in [1.54, 1.807) is 49.6 Å². The summed E-state index contributed by atoms with van der Waals surface area (Å²) in [7, 11) is 1.55. The number of hydrogen-bond donors (Lipinski definition) is 0. The lowest BCUT2D eigenvalue weighted by atomic mass is 9.83. The second-order valence-electron chi connectivity index (χ2n) is 9.01. The lowest BCUT2D eigenvalue weighted by Gasteiger charge is -2.35. The molecule has 36 heavy (non-hydrogen) atoms. The molecule has 6 nitrogen and oxygen atoms in total. The molecule has 0 aliphatic carbocycles. The van der Waals surface area contributed by atoms with Crippen LogP contribution in [0.25, 0.3) is 6.08 Å². The highest BCUT2D eigenvalue weighted by atomic mass is 79.9. The van der Waals surface area contributed by atoms with Crippen LogP contribution in [0.4, 0.5) is 5.69 Å². The smallest absolute Gasteiger partial charge is 0.240 e. The Hall–Kier alpha value is -3.42. The van der Waals surface area contributed by atoms with Crippen molar-refractivity contribution in [3.63, 3.8) is 0 Å². The molecule has 0 radical (unpaired) electrons. The summed E-state index contributed by atoms with van der Waals surface area (Å²) in [6.07, 6.45) is 3.77. The molecule has 3 aliphatic rings. The molecule has 3 aromatic carbocycles. The van der Waals surface area contributed by atoms with Gasteiger partial charge in [0, 0.05) is 11.8 Å². The SMILES string of the molecule is COc1ccc(C(=O)[C@@H]2[C@@H]3C(=O)N(c4ccccc4Cl)C(=O)[C@@H]3[C@H]3c4ccccc4C=CN23)cc1Br. The third-order valence-electron chi connectivity index (χ3n) is 7.26. The van der Waals surface area contributed by atoms with Gasteiger partial charge in [-0.15, -0.1) is 0 Å². The van der Waals surface area contributed by atoms with E-state index in [1.165, 1.54) is 4.90 Å². The number of Topliss-reactive ketones (excluding diaryl/α,β-unsaturated/α-hetero) is 1. The molecular weight excluding hydrogens is 544 g/mol. The van der Waals surface area contributed by atoms with Crippen molar-refractivity contribution in [3.05, 3.63) is 99.1 Å². The molecule has 3 aliphatic heterocycles. The molecule has 2 amide bonds. The quantitative estimate of drug-likeness (QED) is 0.309. The Balaban J connectivity index is 1.50. The van der Waals surface area contributed by atoms with Crippen molar-refractivity contribution < 1.29 is 19.1 Å². The molecule has 2 saturated heterocycles. The van der Waals surface area contributed by atoms with Gasteiger partial charge in [0.05, 0.1) is 40.2 Å². The summed E-state index contributed by atoms with van der Waals surface area (Å²) in [6, 6.07) is 18.3. The number of amides is 2. The van der Waals surface area contributed by atoms with Gasteiger partial charge in [0.15, 0.2) is 5.78 Å². The van der Waals surface area contributed by atoms with Crippen LogP contribution >= 0.6 is 27.5 Å². The molecule has 0 aromatic heterocycles. The first-order valence-electron chi connectivity index (χ1n) is 11.5. The first-order chi connectivity index (χ1) is 17.4. The van der Waals surface area contributed by atoms with Crippen molar-refractivity contribution in [2.24, 2.45) is 11.8 Å². The predicted molar refractivity (Wildman–Crippen MR) is 140 cm³/mol. The highest BCUT2D eigenvalue weighted by Gasteiger charge is 2.64. The fraction of sp³-hybridized carbons (Fsp3) is 0.179. The first kappa shape index (κ1) is 23.0. The maximum Gasteiger partial charge on any atom is 0.240 e. The summed E-state index contributed by atoms with van der Waals surface area (Å²) in [6.45, 7) is 0. The lowest BCUT2D eigenvalue weighted by molar-refractivity contribution is -0.123. The molecular formula is C28H20BrClN2O4. The highest BCUT2D eigenvalue weighted by Crippen LogP contribution is 2.54. The maximum absolute atomic E-state index is 14.0. The second-order valence-corrected chi connectivity index (χ2v) is 10.3. The van der Waals surface area contributed by atoms with Crippen LogP contribution in [0, 0.1) is 11.8 Å². The maximum atomic E-state index is 14.0. The van der Waals surface area contributed by atoms with E-state index >= 15 is 0 Å². The third-order valence-corrected chi connectivity index (χ3v) is 8.20. The summed E-state index contributed by atoms with van der Waals surface area (Å²) in [4.78, 5) is 44.9. The summed E-state index contributed by atoms with van der Waals surface area (Å²) in [5.74, 6) is -1.98. The number of rotatable bonds is 4. The molecule has 0 bridgehead atoms. The van der Waals surface area contributed by atoms with E-state index in [4.69, 9.17) is 16.3 Å². The Morgan fingerprint density at radius 2 is 1.69 bits per heavy atom. The number of anilines is 1. The zero-order valence-corrected chi connectivity index (χ0v) is 21.4. The zero-order valence-electron chi connectivity index (χ0n) is 19.1. The Bertz CT molecular complexity index is 1470. The molecule has 0 N–H and O–H groups in total. The minimum atomic E-state index is -0.858. The van der Waals surface area contributed by atoms with Crippen LogP contribution in [-0.2, 0) is 9.59 Å². The van der Waals surface area contributed by atoms with Crippen molar-refractivity contribution in [1.82, 2.24) is 4.90 Å². The fourth-order valence-corrected chi connectivity index (χ4v) is 6.48. The topological polar surface area (TPSA) is 66.9 Å². The molecule has 3 aromatic rings. The van der Waals surface area contributed by atoms with Gasteiger partial charge < -0.3 is 9.64 Å². The van der Waals surface area contributed by atoms with Gasteiger partial charge in [-0.2, -0.15) is 0 Å². The number of benzene rings is 3. The number of nitrogens with zero attached hydrogens (tertiary/aromatic N) is 2. The number of ether oxygens (including phenoxy) is 1. The molecule has 0 spiro atoms. The van der Waals surface area contributed by atoms with Gasteiger partial charge >= 0.3 is 0 Å². The Labute approximate surface area is 221 Å². The largest absolute Gasteiger partial charge is 0.496 e. The second kappa shape index (κ2) is 8.61. The molecule has 0 unspecified atom stereocenters. The van der Waals surface area contributed by atoms with Crippen LogP contribution in [0.15, 0.2) is 77.4 Å². The highest BCUT2D eigenvalue weighted by molar-refractivity contribution is 9.10. The van der Waals surface area contributed by atoms with Crippen molar-refractivity contribution >= 4 is 56.9 Å². The van der Waals surface area contributed by atoms with E-state index in [-0.39, 0.29) is 11.7 Å². The molecule has 8 heteroatoms. The molecule has 6 rings (SSSR count). The number of carbonyl (C=O) groups is 3. The summed E-state index contributed by atoms with van der Waals surface area (Å²) in [5.41, 5.74) is 2.65. The Morgan fingerprint density at radius 1 is 0.972 bits per heavy atom. The van der Waals surface area contributed by atoms with Gasteiger partial charge in [0.25, 0.3) is 0 Å². The van der Waals surface area contributed by atoms with Gasteiger partial charge in [-0.1, -0.05) is 48.0 Å². The van der Waals surface area contributed by atoms with Crippen molar-refractivity contribution in [2.45, 2.75) is 12.1 Å². The average Bonchev–Trinajstić information content (AvgIpc) is 3.36. The van der Waals surface area contributed by atoms with E-state index in [9.17, 15) is 14.4 Å². The molecule has 3 heterocycles. The van der Waals surface area contributed by atoms with Crippen molar-refractivity contribution in [3.8, 4) is 5.75 Å².